The lowest BCUT2D eigenvalue weighted by Gasteiger charge is -2.53. The van der Waals surface area contributed by atoms with Gasteiger partial charge in [-0.2, -0.15) is 0 Å². The first-order chi connectivity index (χ1) is 11.1. The highest BCUT2D eigenvalue weighted by Crippen LogP contribution is 2.28. The van der Waals surface area contributed by atoms with Crippen molar-refractivity contribution in [2.75, 3.05) is 52.4 Å². The molecule has 0 bridgehead atoms. The Labute approximate surface area is 150 Å². The van der Waals surface area contributed by atoms with E-state index in [0.29, 0.717) is 11.1 Å². The molecule has 3 aliphatic heterocycles. The highest BCUT2D eigenvalue weighted by molar-refractivity contribution is 4.96. The van der Waals surface area contributed by atoms with Crippen molar-refractivity contribution >= 4 is 0 Å². The molecule has 0 amide bonds. The summed E-state index contributed by atoms with van der Waals surface area (Å²) in [5.74, 6) is 0. The van der Waals surface area contributed by atoms with Gasteiger partial charge in [0.05, 0.1) is 0 Å². The monoisotopic (exact) mass is 336 g/mol. The first kappa shape index (κ1) is 18.6. The Balaban J connectivity index is 1.39. The van der Waals surface area contributed by atoms with Crippen LogP contribution in [0.25, 0.3) is 0 Å². The molecule has 0 saturated carbocycles. The first-order valence-corrected chi connectivity index (χ1v) is 10.1. The maximum Gasteiger partial charge on any atom is 0.0350 e. The van der Waals surface area contributed by atoms with Gasteiger partial charge >= 0.3 is 0 Å². The van der Waals surface area contributed by atoms with Crippen molar-refractivity contribution in [3.8, 4) is 0 Å². The van der Waals surface area contributed by atoms with Crippen LogP contribution in [0.5, 0.6) is 0 Å². The lowest BCUT2D eigenvalue weighted by Crippen LogP contribution is -2.66. The van der Waals surface area contributed by atoms with E-state index < -0.39 is 0 Å². The average molecular weight is 337 g/mol. The Morgan fingerprint density at radius 3 is 1.46 bits per heavy atom. The molecule has 0 radical (unpaired) electrons. The molecule has 0 aromatic rings. The van der Waals surface area contributed by atoms with Crippen molar-refractivity contribution in [2.45, 2.75) is 77.5 Å². The molecule has 0 atom stereocenters. The summed E-state index contributed by atoms with van der Waals surface area (Å²) in [6.45, 7) is 24.3. The predicted octanol–water partition coefficient (Wildman–Crippen LogP) is 2.35. The van der Waals surface area contributed by atoms with E-state index in [4.69, 9.17) is 0 Å². The molecule has 24 heavy (non-hydrogen) atoms. The molecule has 3 heterocycles. The van der Waals surface area contributed by atoms with Gasteiger partial charge in [-0.25, -0.2) is 0 Å². The van der Waals surface area contributed by atoms with Crippen molar-refractivity contribution in [1.82, 2.24) is 19.6 Å². The first-order valence-electron chi connectivity index (χ1n) is 10.1. The molecular formula is C20H40N4. The second kappa shape index (κ2) is 6.86. The Morgan fingerprint density at radius 2 is 1.00 bits per heavy atom. The van der Waals surface area contributed by atoms with Crippen LogP contribution in [-0.2, 0) is 0 Å². The van der Waals surface area contributed by atoms with Gasteiger partial charge in [0.25, 0.3) is 0 Å². The molecule has 0 N–H and O–H groups in total. The van der Waals surface area contributed by atoms with Crippen LogP contribution in [0.4, 0.5) is 0 Å². The minimum atomic E-state index is 0.332. The maximum atomic E-state index is 2.78. The van der Waals surface area contributed by atoms with Gasteiger partial charge in [-0.15, -0.1) is 0 Å². The molecule has 0 aromatic carbocycles. The fraction of sp³-hybridized carbons (Fsp3) is 1.00. The smallest absolute Gasteiger partial charge is 0.0350 e. The number of hydrogen-bond donors (Lipinski definition) is 0. The second-order valence-corrected chi connectivity index (χ2v) is 10.2. The molecule has 4 heteroatoms. The van der Waals surface area contributed by atoms with E-state index in [2.05, 4.69) is 61.1 Å². The normalized spacial score (nSPS) is 28.2. The van der Waals surface area contributed by atoms with Crippen LogP contribution in [-0.4, -0.2) is 95.1 Å². The summed E-state index contributed by atoms with van der Waals surface area (Å²) in [6.07, 6.45) is 2.75. The summed E-state index contributed by atoms with van der Waals surface area (Å²) < 4.78 is 0. The second-order valence-electron chi connectivity index (χ2n) is 10.2. The zero-order valence-corrected chi connectivity index (χ0v) is 17.0. The van der Waals surface area contributed by atoms with Crippen LogP contribution in [0, 0.1) is 0 Å². The van der Waals surface area contributed by atoms with Crippen LogP contribution in [0.2, 0.25) is 0 Å². The van der Waals surface area contributed by atoms with Gasteiger partial charge in [-0.3, -0.25) is 19.6 Å². The average Bonchev–Trinajstić information content (AvgIpc) is 2.44. The fourth-order valence-electron chi connectivity index (χ4n) is 4.61. The minimum absolute atomic E-state index is 0.332. The summed E-state index contributed by atoms with van der Waals surface area (Å²) in [5.41, 5.74) is 0.681. The van der Waals surface area contributed by atoms with Crippen LogP contribution >= 0.6 is 0 Å². The molecule has 0 spiro atoms. The lowest BCUT2D eigenvalue weighted by atomic mass is 9.94. The Kier molecular flexibility index (Phi) is 5.33. The zero-order chi connectivity index (χ0) is 17.5. The molecule has 3 saturated heterocycles. The van der Waals surface area contributed by atoms with Gasteiger partial charge in [0, 0.05) is 75.5 Å². The molecule has 3 aliphatic rings. The molecule has 140 valence electrons. The van der Waals surface area contributed by atoms with Gasteiger partial charge < -0.3 is 0 Å². The summed E-state index contributed by atoms with van der Waals surface area (Å²) in [4.78, 5) is 10.8. The highest BCUT2D eigenvalue weighted by atomic mass is 15.4. The highest BCUT2D eigenvalue weighted by Gasteiger charge is 2.39. The van der Waals surface area contributed by atoms with E-state index in [1.807, 2.05) is 0 Å². The topological polar surface area (TPSA) is 13.0 Å². The van der Waals surface area contributed by atoms with Gasteiger partial charge in [0.15, 0.2) is 0 Å². The fourth-order valence-corrected chi connectivity index (χ4v) is 4.61. The van der Waals surface area contributed by atoms with E-state index in [1.165, 1.54) is 65.2 Å². The molecule has 0 aliphatic carbocycles. The summed E-state index contributed by atoms with van der Waals surface area (Å²) in [5, 5.41) is 0. The summed E-state index contributed by atoms with van der Waals surface area (Å²) >= 11 is 0. The van der Waals surface area contributed by atoms with E-state index in [1.54, 1.807) is 0 Å². The number of hydrogen-bond acceptors (Lipinski definition) is 4. The van der Waals surface area contributed by atoms with E-state index >= 15 is 0 Å². The van der Waals surface area contributed by atoms with Crippen molar-refractivity contribution in [3.05, 3.63) is 0 Å². The quantitative estimate of drug-likeness (QED) is 0.767. The number of piperidine rings is 1. The number of likely N-dealkylation sites (tertiary alicyclic amines) is 2. The SMILES string of the molecule is CC(C)(C)N1CCN(C2CCN(C3CN(C(C)(C)C)C3)CC2)CC1. The molecule has 4 nitrogen and oxygen atoms in total. The van der Waals surface area contributed by atoms with Crippen molar-refractivity contribution in [2.24, 2.45) is 0 Å². The van der Waals surface area contributed by atoms with Crippen LogP contribution in [0.15, 0.2) is 0 Å². The van der Waals surface area contributed by atoms with Crippen LogP contribution in [0.1, 0.15) is 54.4 Å². The van der Waals surface area contributed by atoms with Gasteiger partial charge in [-0.1, -0.05) is 0 Å². The number of rotatable bonds is 2. The molecular weight excluding hydrogens is 296 g/mol. The molecule has 0 aromatic heterocycles. The third-order valence-electron chi connectivity index (χ3n) is 6.61. The van der Waals surface area contributed by atoms with E-state index in [-0.39, 0.29) is 0 Å². The lowest BCUT2D eigenvalue weighted by molar-refractivity contribution is -0.0419. The summed E-state index contributed by atoms with van der Waals surface area (Å²) in [6, 6.07) is 1.66. The van der Waals surface area contributed by atoms with Crippen LogP contribution in [0.3, 0.4) is 0 Å². The van der Waals surface area contributed by atoms with Crippen molar-refractivity contribution < 1.29 is 0 Å². The Hall–Kier alpha value is -0.160. The Bertz CT molecular complexity index is 400. The van der Waals surface area contributed by atoms with E-state index in [0.717, 1.165) is 12.1 Å². The Morgan fingerprint density at radius 1 is 0.542 bits per heavy atom. The third-order valence-corrected chi connectivity index (χ3v) is 6.61. The van der Waals surface area contributed by atoms with Crippen molar-refractivity contribution in [1.29, 1.82) is 0 Å². The molecule has 0 unspecified atom stereocenters. The maximum absolute atomic E-state index is 2.78. The van der Waals surface area contributed by atoms with Gasteiger partial charge in [0.2, 0.25) is 0 Å². The summed E-state index contributed by atoms with van der Waals surface area (Å²) in [7, 11) is 0. The predicted molar refractivity (Wildman–Crippen MR) is 103 cm³/mol. The van der Waals surface area contributed by atoms with E-state index in [9.17, 15) is 0 Å². The molecule has 3 rings (SSSR count). The van der Waals surface area contributed by atoms with Gasteiger partial charge in [-0.05, 0) is 54.4 Å². The minimum Gasteiger partial charge on any atom is -0.298 e. The van der Waals surface area contributed by atoms with Crippen molar-refractivity contribution in [3.63, 3.8) is 0 Å². The zero-order valence-electron chi connectivity index (χ0n) is 17.0. The number of piperazine rings is 1. The van der Waals surface area contributed by atoms with Gasteiger partial charge in [0.1, 0.15) is 0 Å². The molecule has 3 fully saturated rings. The van der Waals surface area contributed by atoms with Crippen LogP contribution < -0.4 is 0 Å². The largest absolute Gasteiger partial charge is 0.298 e. The standard InChI is InChI=1S/C20H40N4/c1-19(2,3)23-13-11-22(12-14-23)17-7-9-21(10-8-17)18-15-24(16-18)20(4,5)6/h17-18H,7-16H2,1-6H3. The number of nitrogens with zero attached hydrogens (tertiary/aromatic N) is 4. The third kappa shape index (κ3) is 4.14.